The SMILES string of the molecule is COc1ccc(C(=O)N2CCC(n3c(C)cnc3-c3ccccc3)C2)cc1F. The van der Waals surface area contributed by atoms with Crippen molar-refractivity contribution in [2.24, 2.45) is 0 Å². The van der Waals surface area contributed by atoms with Crippen molar-refractivity contribution >= 4 is 5.91 Å². The number of hydrogen-bond donors (Lipinski definition) is 0. The fourth-order valence-corrected chi connectivity index (χ4v) is 3.83. The quantitative estimate of drug-likeness (QED) is 0.686. The summed E-state index contributed by atoms with van der Waals surface area (Å²) in [4.78, 5) is 19.2. The zero-order valence-electron chi connectivity index (χ0n) is 15.9. The summed E-state index contributed by atoms with van der Waals surface area (Å²) >= 11 is 0. The minimum Gasteiger partial charge on any atom is -0.494 e. The average molecular weight is 379 g/mol. The standard InChI is InChI=1S/C22H22FN3O2/c1-15-13-24-21(16-6-4-3-5-7-16)26(15)18-10-11-25(14-18)22(27)17-8-9-20(28-2)19(23)12-17/h3-9,12-13,18H,10-11,14H2,1-2H3. The second-order valence-electron chi connectivity index (χ2n) is 7.00. The molecular weight excluding hydrogens is 357 g/mol. The van der Waals surface area contributed by atoms with Gasteiger partial charge in [-0.1, -0.05) is 30.3 Å². The minimum atomic E-state index is -0.527. The molecule has 1 fully saturated rings. The Kier molecular flexibility index (Phi) is 4.86. The Labute approximate surface area is 163 Å². The molecule has 1 unspecified atom stereocenters. The van der Waals surface area contributed by atoms with E-state index in [0.717, 1.165) is 23.5 Å². The van der Waals surface area contributed by atoms with Crippen LogP contribution in [0.2, 0.25) is 0 Å². The van der Waals surface area contributed by atoms with E-state index in [0.29, 0.717) is 18.7 Å². The molecule has 28 heavy (non-hydrogen) atoms. The second-order valence-corrected chi connectivity index (χ2v) is 7.00. The number of likely N-dealkylation sites (tertiary alicyclic amines) is 1. The van der Waals surface area contributed by atoms with Gasteiger partial charge < -0.3 is 14.2 Å². The van der Waals surface area contributed by atoms with Crippen molar-refractivity contribution in [1.29, 1.82) is 0 Å². The van der Waals surface area contributed by atoms with Crippen LogP contribution in [0, 0.1) is 12.7 Å². The molecule has 2 aromatic carbocycles. The van der Waals surface area contributed by atoms with Crippen molar-refractivity contribution in [1.82, 2.24) is 14.5 Å². The number of rotatable bonds is 4. The number of halogens is 1. The van der Waals surface area contributed by atoms with Crippen molar-refractivity contribution < 1.29 is 13.9 Å². The number of carbonyl (C=O) groups is 1. The predicted octanol–water partition coefficient (Wildman–Crippen LogP) is 4.09. The lowest BCUT2D eigenvalue weighted by molar-refractivity contribution is 0.0787. The first kappa shape index (κ1) is 18.2. The summed E-state index contributed by atoms with van der Waals surface area (Å²) in [6.07, 6.45) is 2.70. The van der Waals surface area contributed by atoms with Crippen LogP contribution in [-0.4, -0.2) is 40.6 Å². The molecule has 0 bridgehead atoms. The van der Waals surface area contributed by atoms with Crippen LogP contribution in [0.1, 0.15) is 28.5 Å². The molecule has 0 saturated carbocycles. The van der Waals surface area contributed by atoms with Gasteiger partial charge in [0.2, 0.25) is 0 Å². The molecule has 1 aliphatic heterocycles. The van der Waals surface area contributed by atoms with Gasteiger partial charge in [0.05, 0.1) is 13.2 Å². The highest BCUT2D eigenvalue weighted by Gasteiger charge is 2.30. The van der Waals surface area contributed by atoms with Crippen LogP contribution in [-0.2, 0) is 0 Å². The maximum atomic E-state index is 14.0. The van der Waals surface area contributed by atoms with E-state index in [9.17, 15) is 9.18 Å². The summed E-state index contributed by atoms with van der Waals surface area (Å²) in [7, 11) is 1.41. The van der Waals surface area contributed by atoms with Gasteiger partial charge >= 0.3 is 0 Å². The lowest BCUT2D eigenvalue weighted by Crippen LogP contribution is -2.29. The fraction of sp³-hybridized carbons (Fsp3) is 0.273. The highest BCUT2D eigenvalue weighted by Crippen LogP contribution is 2.30. The molecule has 0 N–H and O–H groups in total. The Morgan fingerprint density at radius 1 is 1.21 bits per heavy atom. The lowest BCUT2D eigenvalue weighted by atomic mass is 10.1. The van der Waals surface area contributed by atoms with E-state index in [1.54, 1.807) is 11.0 Å². The summed E-state index contributed by atoms with van der Waals surface area (Å²) in [5.74, 6) is 0.356. The van der Waals surface area contributed by atoms with Gasteiger partial charge in [-0.05, 0) is 31.5 Å². The number of amides is 1. The number of ether oxygens (including phenoxy) is 1. The number of imidazole rings is 1. The van der Waals surface area contributed by atoms with Crippen LogP contribution in [0.3, 0.4) is 0 Å². The highest BCUT2D eigenvalue weighted by atomic mass is 19.1. The molecule has 1 amide bonds. The Balaban J connectivity index is 1.56. The molecule has 1 saturated heterocycles. The number of benzene rings is 2. The van der Waals surface area contributed by atoms with Crippen molar-refractivity contribution in [3.05, 3.63) is 71.8 Å². The predicted molar refractivity (Wildman–Crippen MR) is 105 cm³/mol. The van der Waals surface area contributed by atoms with Gasteiger partial charge in [-0.15, -0.1) is 0 Å². The van der Waals surface area contributed by atoms with Crippen molar-refractivity contribution in [2.75, 3.05) is 20.2 Å². The molecule has 2 heterocycles. The average Bonchev–Trinajstić information content (AvgIpc) is 3.34. The summed E-state index contributed by atoms with van der Waals surface area (Å²) in [6, 6.07) is 14.5. The molecular formula is C22H22FN3O2. The fourth-order valence-electron chi connectivity index (χ4n) is 3.83. The van der Waals surface area contributed by atoms with E-state index in [-0.39, 0.29) is 17.7 Å². The Bertz CT molecular complexity index is 1000. The van der Waals surface area contributed by atoms with Crippen molar-refractivity contribution in [3.63, 3.8) is 0 Å². The second kappa shape index (κ2) is 7.46. The molecule has 0 spiro atoms. The first-order valence-corrected chi connectivity index (χ1v) is 9.30. The van der Waals surface area contributed by atoms with Gasteiger partial charge in [0.15, 0.2) is 11.6 Å². The molecule has 5 nitrogen and oxygen atoms in total. The minimum absolute atomic E-state index is 0.136. The van der Waals surface area contributed by atoms with E-state index in [2.05, 4.69) is 9.55 Å². The summed E-state index contributed by atoms with van der Waals surface area (Å²) in [5.41, 5.74) is 2.45. The number of nitrogens with zero attached hydrogens (tertiary/aromatic N) is 3. The zero-order chi connectivity index (χ0) is 19.7. The van der Waals surface area contributed by atoms with Gasteiger partial charge in [0.25, 0.3) is 5.91 Å². The first-order chi connectivity index (χ1) is 13.6. The number of carbonyl (C=O) groups excluding carboxylic acids is 1. The number of aryl methyl sites for hydroxylation is 1. The van der Waals surface area contributed by atoms with Gasteiger partial charge in [-0.25, -0.2) is 9.37 Å². The van der Waals surface area contributed by atoms with Gasteiger partial charge in [-0.3, -0.25) is 4.79 Å². The molecule has 1 aliphatic rings. The normalized spacial score (nSPS) is 16.4. The maximum Gasteiger partial charge on any atom is 0.254 e. The molecule has 6 heteroatoms. The highest BCUT2D eigenvalue weighted by molar-refractivity contribution is 5.94. The molecule has 144 valence electrons. The first-order valence-electron chi connectivity index (χ1n) is 9.30. The monoisotopic (exact) mass is 379 g/mol. The molecule has 3 aromatic rings. The number of hydrogen-bond acceptors (Lipinski definition) is 3. The zero-order valence-corrected chi connectivity index (χ0v) is 15.9. The van der Waals surface area contributed by atoms with Gasteiger partial charge in [-0.2, -0.15) is 0 Å². The summed E-state index contributed by atoms with van der Waals surface area (Å²) in [5, 5.41) is 0. The third-order valence-corrected chi connectivity index (χ3v) is 5.23. The molecule has 0 aliphatic carbocycles. The molecule has 0 radical (unpaired) electrons. The third kappa shape index (κ3) is 3.26. The van der Waals surface area contributed by atoms with Gasteiger partial charge in [0, 0.05) is 36.1 Å². The third-order valence-electron chi connectivity index (χ3n) is 5.23. The molecule has 1 atom stereocenters. The number of aromatic nitrogens is 2. The van der Waals surface area contributed by atoms with Crippen LogP contribution < -0.4 is 4.74 Å². The van der Waals surface area contributed by atoms with Crippen molar-refractivity contribution in [3.8, 4) is 17.1 Å². The topological polar surface area (TPSA) is 47.4 Å². The molecule has 1 aromatic heterocycles. The summed E-state index contributed by atoms with van der Waals surface area (Å²) in [6.45, 7) is 3.23. The van der Waals surface area contributed by atoms with E-state index in [1.807, 2.05) is 43.5 Å². The Morgan fingerprint density at radius 3 is 2.71 bits per heavy atom. The van der Waals surface area contributed by atoms with E-state index in [4.69, 9.17) is 4.74 Å². The molecule has 4 rings (SSSR count). The van der Waals surface area contributed by atoms with Crippen LogP contribution in [0.25, 0.3) is 11.4 Å². The Morgan fingerprint density at radius 2 is 2.00 bits per heavy atom. The lowest BCUT2D eigenvalue weighted by Gasteiger charge is -2.20. The Hall–Kier alpha value is -3.15. The van der Waals surface area contributed by atoms with Crippen LogP contribution in [0.15, 0.2) is 54.7 Å². The van der Waals surface area contributed by atoms with Crippen molar-refractivity contribution in [2.45, 2.75) is 19.4 Å². The summed E-state index contributed by atoms with van der Waals surface area (Å²) < 4.78 is 21.1. The van der Waals surface area contributed by atoms with E-state index in [1.165, 1.54) is 19.2 Å². The number of methoxy groups -OCH3 is 1. The van der Waals surface area contributed by atoms with Crippen LogP contribution >= 0.6 is 0 Å². The largest absolute Gasteiger partial charge is 0.494 e. The smallest absolute Gasteiger partial charge is 0.254 e. The van der Waals surface area contributed by atoms with E-state index < -0.39 is 5.82 Å². The van der Waals surface area contributed by atoms with Gasteiger partial charge in [0.1, 0.15) is 5.82 Å². The maximum absolute atomic E-state index is 14.0. The van der Waals surface area contributed by atoms with Crippen LogP contribution in [0.4, 0.5) is 4.39 Å². The van der Waals surface area contributed by atoms with E-state index >= 15 is 0 Å². The van der Waals surface area contributed by atoms with Crippen LogP contribution in [0.5, 0.6) is 5.75 Å².